The number of carbonyl (C=O) groups excluding carboxylic acids is 3. The van der Waals surface area contributed by atoms with E-state index in [1.54, 1.807) is 37.1 Å². The molecule has 60 heavy (non-hydrogen) atoms. The number of carbonyl (C=O) groups is 3. The second kappa shape index (κ2) is 19.8. The van der Waals surface area contributed by atoms with Crippen LogP contribution in [-0.4, -0.2) is 128 Å². The van der Waals surface area contributed by atoms with Crippen LogP contribution in [0, 0.1) is 29.6 Å². The minimum atomic E-state index is -1.63. The van der Waals surface area contributed by atoms with E-state index < -0.39 is 83.1 Å². The minimum Gasteiger partial charge on any atom is -0.459 e. The first-order valence-electron chi connectivity index (χ1n) is 21.2. The van der Waals surface area contributed by atoms with E-state index >= 15 is 0 Å². The van der Waals surface area contributed by atoms with E-state index in [-0.39, 0.29) is 44.6 Å². The Labute approximate surface area is 354 Å². The van der Waals surface area contributed by atoms with E-state index in [2.05, 4.69) is 20.2 Å². The van der Waals surface area contributed by atoms with Crippen LogP contribution in [0.2, 0.25) is 0 Å². The van der Waals surface area contributed by atoms with Crippen molar-refractivity contribution >= 4 is 29.1 Å². The fraction of sp³-hybridized carbons (Fsp3) is 0.705. The Morgan fingerprint density at radius 2 is 1.85 bits per heavy atom. The van der Waals surface area contributed by atoms with Crippen LogP contribution in [0.3, 0.4) is 0 Å². The Morgan fingerprint density at radius 1 is 1.12 bits per heavy atom. The molecule has 2 bridgehead atoms. The zero-order chi connectivity index (χ0) is 44.1. The van der Waals surface area contributed by atoms with Crippen LogP contribution in [0.25, 0.3) is 5.82 Å². The van der Waals surface area contributed by atoms with Crippen molar-refractivity contribution in [3.05, 3.63) is 42.4 Å². The van der Waals surface area contributed by atoms with Gasteiger partial charge < -0.3 is 38.9 Å². The molecule has 1 amide bonds. The monoisotopic (exact) mass is 838 g/mol. The maximum atomic E-state index is 14.5. The lowest BCUT2D eigenvalue weighted by molar-refractivity contribution is -0.296. The summed E-state index contributed by atoms with van der Waals surface area (Å²) in [5.74, 6) is -4.79. The van der Waals surface area contributed by atoms with Gasteiger partial charge in [0.05, 0.1) is 30.1 Å². The second-order valence-electron chi connectivity index (χ2n) is 17.7. The van der Waals surface area contributed by atoms with Crippen LogP contribution >= 0.6 is 0 Å². The Balaban J connectivity index is 1.63. The molecule has 0 radical (unpaired) electrons. The number of cyclic esters (lactones) is 1. The molecule has 2 N–H and O–H groups in total. The minimum absolute atomic E-state index is 0.0596. The standard InChI is InChI=1S/C44H66N6O10/c1-12-35-44(9,55)33-16-15-32(48-57-23-31-14-17-36(45-22-31)50-19-13-18-46-50)24-56-43(8,21-25(2)37(27(33)4)47-30(7)51)40(28(5)38(52)29(6)41(54)59-35)60-42-39(53)34(49(10)11)20-26(3)58-42/h13-14,17-19,22,25-29,33-35,39-40,42,53,55H,12,15-16,20-21,23-24H2,1-11H3/b47-37+,48-32+/t25-,26-,27-,28+,29-,33-,34+,35-,39-,40-,42+,43-,44+/m1/s1. The summed E-state index contributed by atoms with van der Waals surface area (Å²) < 4.78 is 27.7. The van der Waals surface area contributed by atoms with Crippen molar-refractivity contribution in [3.8, 4) is 5.82 Å². The number of aliphatic imine (C=N–C) groups is 1. The van der Waals surface area contributed by atoms with Crippen molar-refractivity contribution in [3.63, 3.8) is 0 Å². The van der Waals surface area contributed by atoms with Crippen LogP contribution in [0.4, 0.5) is 0 Å². The molecule has 0 saturated carbocycles. The number of aliphatic hydroxyl groups excluding tert-OH is 1. The van der Waals surface area contributed by atoms with E-state index in [0.29, 0.717) is 30.1 Å². The second-order valence-corrected chi connectivity index (χ2v) is 17.7. The van der Waals surface area contributed by atoms with Gasteiger partial charge in [0.15, 0.2) is 17.9 Å². The van der Waals surface area contributed by atoms with Crippen molar-refractivity contribution in [1.82, 2.24) is 19.7 Å². The van der Waals surface area contributed by atoms with Gasteiger partial charge in [0.1, 0.15) is 30.3 Å². The molecule has 5 rings (SSSR count). The van der Waals surface area contributed by atoms with Crippen molar-refractivity contribution in [2.24, 2.45) is 39.7 Å². The molecule has 5 heterocycles. The highest BCUT2D eigenvalue weighted by atomic mass is 16.7. The Bertz CT molecular complexity index is 1830. The van der Waals surface area contributed by atoms with Gasteiger partial charge in [-0.2, -0.15) is 5.10 Å². The zero-order valence-electron chi connectivity index (χ0n) is 37.1. The average molecular weight is 839 g/mol. The third kappa shape index (κ3) is 10.7. The highest BCUT2D eigenvalue weighted by Crippen LogP contribution is 2.42. The number of ether oxygens (including phenoxy) is 4. The van der Waals surface area contributed by atoms with Gasteiger partial charge in [0, 0.05) is 54.7 Å². The number of pyridine rings is 1. The van der Waals surface area contributed by atoms with Gasteiger partial charge in [-0.3, -0.25) is 14.4 Å². The van der Waals surface area contributed by atoms with Gasteiger partial charge in [-0.05, 0) is 97.9 Å². The fourth-order valence-corrected chi connectivity index (χ4v) is 9.37. The van der Waals surface area contributed by atoms with Crippen LogP contribution < -0.4 is 0 Å². The van der Waals surface area contributed by atoms with Crippen LogP contribution in [0.15, 0.2) is 46.9 Å². The summed E-state index contributed by atoms with van der Waals surface area (Å²) in [5.41, 5.74) is -1.17. The van der Waals surface area contributed by atoms with Gasteiger partial charge in [0.2, 0.25) is 5.91 Å². The van der Waals surface area contributed by atoms with Crippen LogP contribution in [-0.2, 0) is 44.8 Å². The normalized spacial score (nSPS) is 37.6. The number of nitrogens with zero attached hydrogens (tertiary/aromatic N) is 6. The number of likely N-dealkylation sites (N-methyl/N-ethyl adjacent to an activating group) is 1. The predicted octanol–water partition coefficient (Wildman–Crippen LogP) is 4.71. The summed E-state index contributed by atoms with van der Waals surface area (Å²) >= 11 is 0. The molecule has 16 heteroatoms. The molecule has 332 valence electrons. The highest BCUT2D eigenvalue weighted by Gasteiger charge is 2.52. The molecule has 13 atom stereocenters. The Hall–Kier alpha value is -3.93. The summed E-state index contributed by atoms with van der Waals surface area (Å²) in [7, 11) is 3.75. The SMILES string of the molecule is CC[C@H]1OC(=O)[C@H](C)C(=O)[C@H](C)[C@@H](O[C@@H]2O[C@H](C)C[C@H](N(C)C)[C@H]2O)[C@@]2(C)C[C@@H](C)/C(=N\C(C)=O)[C@H](C)[C@@H](CC/C(=N\OCc3ccc(-n4cccn4)nc3)CO2)[C@]1(C)O. The van der Waals surface area contributed by atoms with E-state index in [0.717, 1.165) is 5.56 Å². The largest absolute Gasteiger partial charge is 0.459 e. The summed E-state index contributed by atoms with van der Waals surface area (Å²) in [6.07, 6.45) is 2.12. The Morgan fingerprint density at radius 3 is 2.47 bits per heavy atom. The van der Waals surface area contributed by atoms with Crippen molar-refractivity contribution in [2.45, 2.75) is 149 Å². The topological polar surface area (TPSA) is 196 Å². The molecule has 0 unspecified atom stereocenters. The third-order valence-corrected chi connectivity index (χ3v) is 12.7. The van der Waals surface area contributed by atoms with Gasteiger partial charge in [-0.15, -0.1) is 0 Å². The lowest BCUT2D eigenvalue weighted by atomic mass is 9.68. The molecule has 0 spiro atoms. The summed E-state index contributed by atoms with van der Waals surface area (Å²) in [5, 5.41) is 33.0. The summed E-state index contributed by atoms with van der Waals surface area (Å²) in [6, 6.07) is 5.21. The molecular weight excluding hydrogens is 773 g/mol. The number of ketones is 1. The maximum absolute atomic E-state index is 14.5. The zero-order valence-corrected chi connectivity index (χ0v) is 37.1. The van der Waals surface area contributed by atoms with Crippen LogP contribution in [0.5, 0.6) is 0 Å². The molecule has 3 aliphatic rings. The summed E-state index contributed by atoms with van der Waals surface area (Å²) in [4.78, 5) is 58.3. The number of rotatable bonds is 8. The average Bonchev–Trinajstić information content (AvgIpc) is 3.74. The predicted molar refractivity (Wildman–Crippen MR) is 223 cm³/mol. The smallest absolute Gasteiger partial charge is 0.316 e. The van der Waals surface area contributed by atoms with Crippen molar-refractivity contribution in [2.75, 3.05) is 20.7 Å². The number of esters is 1. The molecule has 3 saturated heterocycles. The lowest BCUT2D eigenvalue weighted by Gasteiger charge is -2.47. The van der Waals surface area contributed by atoms with E-state index in [1.807, 2.05) is 71.8 Å². The fourth-order valence-electron chi connectivity index (χ4n) is 9.37. The van der Waals surface area contributed by atoms with Gasteiger partial charge in [-0.25, -0.2) is 14.7 Å². The molecule has 16 nitrogen and oxygen atoms in total. The molecule has 0 aromatic carbocycles. The number of Topliss-reactive ketones (excluding diaryl/α,β-unsaturated/α-hetero) is 1. The number of hydrogen-bond acceptors (Lipinski definition) is 14. The van der Waals surface area contributed by atoms with Gasteiger partial charge >= 0.3 is 5.97 Å². The van der Waals surface area contributed by atoms with E-state index in [4.69, 9.17) is 23.8 Å². The first-order chi connectivity index (χ1) is 28.3. The van der Waals surface area contributed by atoms with Crippen molar-refractivity contribution < 1.29 is 48.4 Å². The molecule has 2 aromatic rings. The Kier molecular flexibility index (Phi) is 15.6. The van der Waals surface area contributed by atoms with E-state index in [1.165, 1.54) is 13.8 Å². The molecule has 3 aliphatic heterocycles. The number of aromatic nitrogens is 3. The number of fused-ring (bicyclic) bond motifs is 5. The summed E-state index contributed by atoms with van der Waals surface area (Å²) in [6.45, 7) is 15.7. The van der Waals surface area contributed by atoms with Gasteiger partial charge in [-0.1, -0.05) is 38.9 Å². The maximum Gasteiger partial charge on any atom is 0.316 e. The van der Waals surface area contributed by atoms with E-state index in [9.17, 15) is 24.6 Å². The number of oxime groups is 1. The number of aliphatic hydroxyl groups is 2. The molecule has 3 fully saturated rings. The lowest BCUT2D eigenvalue weighted by Crippen LogP contribution is -2.59. The third-order valence-electron chi connectivity index (χ3n) is 12.7. The molecule has 0 aliphatic carbocycles. The first-order valence-corrected chi connectivity index (χ1v) is 21.2. The van der Waals surface area contributed by atoms with Gasteiger partial charge in [0.25, 0.3) is 0 Å². The highest BCUT2D eigenvalue weighted by molar-refractivity contribution is 6.00. The van der Waals surface area contributed by atoms with Crippen molar-refractivity contribution in [1.29, 1.82) is 0 Å². The first kappa shape index (κ1) is 47.1. The quantitative estimate of drug-likeness (QED) is 0.211. The number of amides is 1. The number of hydrogen-bond donors (Lipinski definition) is 2. The molecule has 2 aromatic heterocycles. The molecular formula is C44H66N6O10. The van der Waals surface area contributed by atoms with Crippen LogP contribution in [0.1, 0.15) is 100.0 Å².